The van der Waals surface area contributed by atoms with Gasteiger partial charge in [0.1, 0.15) is 28.0 Å². The summed E-state index contributed by atoms with van der Waals surface area (Å²) in [6.07, 6.45) is 2.42. The number of likely N-dealkylation sites (tertiary alicyclic amines) is 1. The monoisotopic (exact) mass is 643 g/mol. The Morgan fingerprint density at radius 3 is 2.43 bits per heavy atom. The van der Waals surface area contributed by atoms with Crippen molar-refractivity contribution in [3.05, 3.63) is 70.9 Å². The number of esters is 1. The summed E-state index contributed by atoms with van der Waals surface area (Å²) in [6, 6.07) is 11.1. The highest BCUT2D eigenvalue weighted by Crippen LogP contribution is 2.55. The van der Waals surface area contributed by atoms with Gasteiger partial charge in [-0.15, -0.1) is 0 Å². The third-order valence-corrected chi connectivity index (χ3v) is 9.64. The molecular weight excluding hydrogens is 610 g/mol. The van der Waals surface area contributed by atoms with Gasteiger partial charge in [0.15, 0.2) is 5.54 Å². The van der Waals surface area contributed by atoms with E-state index in [1.54, 1.807) is 43.9 Å². The first-order valence-corrected chi connectivity index (χ1v) is 15.7. The van der Waals surface area contributed by atoms with Gasteiger partial charge in [-0.1, -0.05) is 11.6 Å². The molecule has 0 spiro atoms. The van der Waals surface area contributed by atoms with Crippen LogP contribution >= 0.6 is 11.6 Å². The quantitative estimate of drug-likeness (QED) is 0.323. The van der Waals surface area contributed by atoms with Gasteiger partial charge >= 0.3 is 5.97 Å². The number of aromatic nitrogens is 1. The van der Waals surface area contributed by atoms with Gasteiger partial charge in [-0.05, 0) is 76.1 Å². The number of ether oxygens (including phenoxy) is 4. The molecule has 2 atom stereocenters. The fraction of sp³-hybridized carbons (Fsp3) is 0.387. The van der Waals surface area contributed by atoms with Crippen LogP contribution in [0.15, 0.2) is 59.6 Å². The fourth-order valence-corrected chi connectivity index (χ4v) is 7.75. The maximum Gasteiger partial charge on any atom is 0.323 e. The molecule has 1 aromatic heterocycles. The number of carbonyl (C=O) groups is 2. The maximum atomic E-state index is 15.2. The third kappa shape index (κ3) is 5.04. The number of amides is 1. The third-order valence-electron chi connectivity index (χ3n) is 7.67. The molecule has 3 aromatic rings. The van der Waals surface area contributed by atoms with Gasteiger partial charge in [-0.25, -0.2) is 17.7 Å². The second-order valence-corrected chi connectivity index (χ2v) is 13.6. The Hall–Kier alpha value is -3.87. The van der Waals surface area contributed by atoms with Crippen molar-refractivity contribution in [3.63, 3.8) is 0 Å². The number of hydrogen-bond donors (Lipinski definition) is 0. The van der Waals surface area contributed by atoms with Crippen molar-refractivity contribution in [1.29, 1.82) is 0 Å². The van der Waals surface area contributed by atoms with E-state index < -0.39 is 39.1 Å². The first kappa shape index (κ1) is 31.6. The minimum Gasteiger partial charge on any atom is -0.497 e. The van der Waals surface area contributed by atoms with Crippen LogP contribution in [0, 0.1) is 0 Å². The van der Waals surface area contributed by atoms with Crippen LogP contribution in [0.2, 0.25) is 5.02 Å². The number of hydrogen-bond acceptors (Lipinski definition) is 10. The van der Waals surface area contributed by atoms with Gasteiger partial charge in [0.25, 0.3) is 15.9 Å². The van der Waals surface area contributed by atoms with E-state index in [1.807, 2.05) is 0 Å². The van der Waals surface area contributed by atoms with Crippen LogP contribution in [-0.2, 0) is 29.9 Å². The van der Waals surface area contributed by atoms with E-state index in [0.717, 1.165) is 4.31 Å². The van der Waals surface area contributed by atoms with Crippen molar-refractivity contribution in [2.75, 3.05) is 32.2 Å². The molecular formula is C31H34ClN3O8S. The summed E-state index contributed by atoms with van der Waals surface area (Å²) in [5, 5.41) is 0.262. The number of carbonyl (C=O) groups excluding carboxylic acids is 2. The summed E-state index contributed by atoms with van der Waals surface area (Å²) in [6.45, 7) is 5.54. The second kappa shape index (κ2) is 11.6. The molecule has 1 saturated heterocycles. The molecule has 11 nitrogen and oxygen atoms in total. The number of sulfonamides is 1. The van der Waals surface area contributed by atoms with E-state index in [-0.39, 0.29) is 44.9 Å². The van der Waals surface area contributed by atoms with Crippen molar-refractivity contribution in [2.45, 2.75) is 55.7 Å². The van der Waals surface area contributed by atoms with Crippen LogP contribution in [0.5, 0.6) is 17.4 Å². The molecule has 1 amide bonds. The van der Waals surface area contributed by atoms with E-state index in [2.05, 4.69) is 4.98 Å². The molecule has 2 aromatic carbocycles. The van der Waals surface area contributed by atoms with Crippen molar-refractivity contribution in [2.24, 2.45) is 0 Å². The number of benzene rings is 2. The first-order chi connectivity index (χ1) is 20.8. The molecule has 5 rings (SSSR count). The average molecular weight is 644 g/mol. The number of nitrogens with zero attached hydrogens (tertiary/aromatic N) is 3. The number of methoxy groups -OCH3 is 3. The Kier molecular flexibility index (Phi) is 8.29. The standard InChI is InChI=1S/C31H34ClN3O8S/c1-30(2,3)43-28(36)24-10-8-16-34(24)31(21-9-7-15-33-27(21)42-6)22-17-19(32)11-13-23(22)35(29(31)37)44(38,39)26-14-12-20(40-4)18-25(26)41-5/h7,9,11-15,17-18,24H,8,10,16H2,1-6H3/t24?,31-/m1/s1. The normalized spacial score (nSPS) is 20.4. The van der Waals surface area contributed by atoms with Gasteiger partial charge < -0.3 is 18.9 Å². The van der Waals surface area contributed by atoms with Gasteiger partial charge in [0.2, 0.25) is 5.88 Å². The predicted octanol–water partition coefficient (Wildman–Crippen LogP) is 4.55. The number of pyridine rings is 1. The van der Waals surface area contributed by atoms with Crippen molar-refractivity contribution in [1.82, 2.24) is 9.88 Å². The highest BCUT2D eigenvalue weighted by molar-refractivity contribution is 7.93. The molecule has 0 N–H and O–H groups in total. The molecule has 2 aliphatic heterocycles. The summed E-state index contributed by atoms with van der Waals surface area (Å²) in [5.41, 5.74) is -2.10. The van der Waals surface area contributed by atoms with Crippen molar-refractivity contribution >= 4 is 39.2 Å². The van der Waals surface area contributed by atoms with Crippen LogP contribution in [0.4, 0.5) is 5.69 Å². The van der Waals surface area contributed by atoms with Crippen LogP contribution < -0.4 is 18.5 Å². The second-order valence-electron chi connectivity index (χ2n) is 11.4. The zero-order valence-electron chi connectivity index (χ0n) is 25.3. The van der Waals surface area contributed by atoms with Crippen LogP contribution in [-0.4, -0.2) is 69.7 Å². The number of anilines is 1. The minimum atomic E-state index is -4.62. The lowest BCUT2D eigenvalue weighted by atomic mass is 9.81. The number of rotatable bonds is 8. The Bertz CT molecular complexity index is 1720. The summed E-state index contributed by atoms with van der Waals surface area (Å²) >= 11 is 6.54. The molecule has 3 heterocycles. The van der Waals surface area contributed by atoms with Crippen molar-refractivity contribution < 1.29 is 37.0 Å². The largest absolute Gasteiger partial charge is 0.497 e. The molecule has 13 heteroatoms. The van der Waals surface area contributed by atoms with Crippen LogP contribution in [0.3, 0.4) is 0 Å². The summed E-state index contributed by atoms with van der Waals surface area (Å²) in [5.74, 6) is -0.951. The summed E-state index contributed by atoms with van der Waals surface area (Å²) in [4.78, 5) is 34.7. The Labute approximate surface area is 261 Å². The Morgan fingerprint density at radius 1 is 1.02 bits per heavy atom. The molecule has 44 heavy (non-hydrogen) atoms. The lowest BCUT2D eigenvalue weighted by molar-refractivity contribution is -0.162. The first-order valence-electron chi connectivity index (χ1n) is 13.9. The lowest BCUT2D eigenvalue weighted by Gasteiger charge is -2.41. The number of halogens is 1. The van der Waals surface area contributed by atoms with Gasteiger partial charge in [0, 0.05) is 35.0 Å². The maximum absolute atomic E-state index is 15.2. The predicted molar refractivity (Wildman–Crippen MR) is 163 cm³/mol. The van der Waals surface area contributed by atoms with Gasteiger partial charge in [0.05, 0.1) is 27.0 Å². The molecule has 234 valence electrons. The van der Waals surface area contributed by atoms with Gasteiger partial charge in [-0.3, -0.25) is 14.5 Å². The molecule has 0 aliphatic carbocycles. The highest BCUT2D eigenvalue weighted by Gasteiger charge is 2.63. The average Bonchev–Trinajstić information content (AvgIpc) is 3.57. The minimum absolute atomic E-state index is 0.0167. The highest BCUT2D eigenvalue weighted by atomic mass is 35.5. The van der Waals surface area contributed by atoms with Crippen molar-refractivity contribution in [3.8, 4) is 17.4 Å². The summed E-state index contributed by atoms with van der Waals surface area (Å²) < 4.78 is 52.0. The van der Waals surface area contributed by atoms with Gasteiger partial charge in [-0.2, -0.15) is 0 Å². The molecule has 0 radical (unpaired) electrons. The smallest absolute Gasteiger partial charge is 0.323 e. The summed E-state index contributed by atoms with van der Waals surface area (Å²) in [7, 11) is -0.443. The van der Waals surface area contributed by atoms with Crippen LogP contribution in [0.1, 0.15) is 44.7 Å². The molecule has 0 saturated carbocycles. The number of fused-ring (bicyclic) bond motifs is 1. The zero-order chi connectivity index (χ0) is 32.0. The molecule has 1 fully saturated rings. The Morgan fingerprint density at radius 2 is 1.77 bits per heavy atom. The lowest BCUT2D eigenvalue weighted by Crippen LogP contribution is -2.58. The molecule has 0 bridgehead atoms. The van der Waals surface area contributed by atoms with Crippen LogP contribution in [0.25, 0.3) is 0 Å². The molecule has 1 unspecified atom stereocenters. The van der Waals surface area contributed by atoms with E-state index in [1.165, 1.54) is 57.9 Å². The zero-order valence-corrected chi connectivity index (χ0v) is 26.9. The Balaban J connectivity index is 1.82. The van der Waals surface area contributed by atoms with E-state index in [0.29, 0.717) is 18.6 Å². The molecule has 2 aliphatic rings. The fourth-order valence-electron chi connectivity index (χ4n) is 5.98. The van der Waals surface area contributed by atoms with E-state index in [4.69, 9.17) is 30.5 Å². The van der Waals surface area contributed by atoms with E-state index in [9.17, 15) is 13.2 Å². The SMILES string of the molecule is COc1ccc(S(=O)(=O)N2C(=O)[C@](c3cccnc3OC)(N3CCCC3C(=O)OC(C)(C)C)c3cc(Cl)ccc32)c(OC)c1. The topological polar surface area (TPSA) is 125 Å². The van der Waals surface area contributed by atoms with E-state index >= 15 is 4.79 Å².